The lowest BCUT2D eigenvalue weighted by Crippen LogP contribution is -2.35. The molecule has 6 nitrogen and oxygen atoms in total. The van der Waals surface area contributed by atoms with Crippen molar-refractivity contribution in [1.82, 2.24) is 14.4 Å². The number of nitrogens with zero attached hydrogens (tertiary/aromatic N) is 4. The summed E-state index contributed by atoms with van der Waals surface area (Å²) in [7, 11) is 0. The van der Waals surface area contributed by atoms with Crippen molar-refractivity contribution in [3.63, 3.8) is 0 Å². The van der Waals surface area contributed by atoms with Gasteiger partial charge in [-0.15, -0.1) is 0 Å². The molecule has 2 aromatic heterocycles. The molecule has 3 rings (SSSR count). The average molecular weight is 275 g/mol. The van der Waals surface area contributed by atoms with Crippen LogP contribution in [0.2, 0.25) is 0 Å². The fraction of sp³-hybridized carbons (Fsp3) is 0.571. The van der Waals surface area contributed by atoms with E-state index in [1.165, 1.54) is 0 Å². The highest BCUT2D eigenvalue weighted by Gasteiger charge is 2.22. The first-order valence-corrected chi connectivity index (χ1v) is 7.25. The van der Waals surface area contributed by atoms with Gasteiger partial charge in [-0.1, -0.05) is 0 Å². The SMILES string of the molecule is CCNc1cn2ccnc2c(N2CCC(CO)CC2)n1. The monoisotopic (exact) mass is 275 g/mol. The van der Waals surface area contributed by atoms with E-state index in [0.717, 1.165) is 49.8 Å². The number of aliphatic hydroxyl groups is 1. The van der Waals surface area contributed by atoms with Crippen LogP contribution < -0.4 is 10.2 Å². The zero-order valence-electron chi connectivity index (χ0n) is 11.8. The van der Waals surface area contributed by atoms with Crippen LogP contribution >= 0.6 is 0 Å². The molecule has 1 aliphatic rings. The highest BCUT2D eigenvalue weighted by atomic mass is 16.3. The number of hydrogen-bond donors (Lipinski definition) is 2. The Hall–Kier alpha value is -1.82. The van der Waals surface area contributed by atoms with E-state index in [1.807, 2.05) is 16.8 Å². The summed E-state index contributed by atoms with van der Waals surface area (Å²) in [5.74, 6) is 2.24. The molecule has 0 saturated carbocycles. The van der Waals surface area contributed by atoms with Crippen LogP contribution in [0.1, 0.15) is 19.8 Å². The minimum Gasteiger partial charge on any atom is -0.396 e. The largest absolute Gasteiger partial charge is 0.396 e. The standard InChI is InChI=1S/C14H21N5O/c1-2-15-12-9-19-8-5-16-13(19)14(17-12)18-6-3-11(10-20)4-7-18/h5,8-9,11,15,20H,2-4,6-7,10H2,1H3. The van der Waals surface area contributed by atoms with Gasteiger partial charge in [0.25, 0.3) is 0 Å². The molecule has 3 heterocycles. The number of anilines is 2. The van der Waals surface area contributed by atoms with E-state index in [1.54, 1.807) is 6.20 Å². The minimum absolute atomic E-state index is 0.289. The summed E-state index contributed by atoms with van der Waals surface area (Å²) in [6, 6.07) is 0. The van der Waals surface area contributed by atoms with Crippen molar-refractivity contribution >= 4 is 17.3 Å². The highest BCUT2D eigenvalue weighted by molar-refractivity contribution is 5.67. The molecule has 1 fully saturated rings. The predicted octanol–water partition coefficient (Wildman–Crippen LogP) is 1.37. The number of hydrogen-bond acceptors (Lipinski definition) is 5. The third kappa shape index (κ3) is 2.43. The Kier molecular flexibility index (Phi) is 3.73. The van der Waals surface area contributed by atoms with E-state index in [-0.39, 0.29) is 6.61 Å². The van der Waals surface area contributed by atoms with Crippen LogP contribution in [0.3, 0.4) is 0 Å². The lowest BCUT2D eigenvalue weighted by Gasteiger charge is -2.32. The number of fused-ring (bicyclic) bond motifs is 1. The van der Waals surface area contributed by atoms with E-state index in [9.17, 15) is 5.11 Å². The van der Waals surface area contributed by atoms with Crippen molar-refractivity contribution in [3.05, 3.63) is 18.6 Å². The third-order valence-corrected chi connectivity index (χ3v) is 3.89. The summed E-state index contributed by atoms with van der Waals surface area (Å²) in [4.78, 5) is 11.4. The van der Waals surface area contributed by atoms with Crippen LogP contribution in [0.15, 0.2) is 18.6 Å². The first-order chi connectivity index (χ1) is 9.81. The van der Waals surface area contributed by atoms with Gasteiger partial charge in [0.05, 0.1) is 6.20 Å². The maximum atomic E-state index is 9.24. The lowest BCUT2D eigenvalue weighted by atomic mass is 9.98. The molecule has 0 atom stereocenters. The van der Waals surface area contributed by atoms with Crippen molar-refractivity contribution in [2.45, 2.75) is 19.8 Å². The summed E-state index contributed by atoms with van der Waals surface area (Å²) in [5.41, 5.74) is 0.897. The van der Waals surface area contributed by atoms with E-state index in [0.29, 0.717) is 5.92 Å². The topological polar surface area (TPSA) is 65.7 Å². The lowest BCUT2D eigenvalue weighted by molar-refractivity contribution is 0.203. The van der Waals surface area contributed by atoms with Gasteiger partial charge < -0.3 is 19.7 Å². The Bertz CT molecular complexity index is 574. The normalized spacial score (nSPS) is 16.8. The third-order valence-electron chi connectivity index (χ3n) is 3.89. The Balaban J connectivity index is 1.91. The summed E-state index contributed by atoms with van der Waals surface area (Å²) in [5, 5.41) is 12.5. The molecule has 0 radical (unpaired) electrons. The second kappa shape index (κ2) is 5.66. The van der Waals surface area contributed by atoms with Crippen LogP contribution in [0.25, 0.3) is 5.65 Å². The van der Waals surface area contributed by atoms with E-state index < -0.39 is 0 Å². The van der Waals surface area contributed by atoms with E-state index in [2.05, 4.69) is 22.1 Å². The Morgan fingerprint density at radius 3 is 2.90 bits per heavy atom. The average Bonchev–Trinajstić information content (AvgIpc) is 2.95. The fourth-order valence-electron chi connectivity index (χ4n) is 2.72. The van der Waals surface area contributed by atoms with Gasteiger partial charge in [0.15, 0.2) is 11.5 Å². The smallest absolute Gasteiger partial charge is 0.180 e. The van der Waals surface area contributed by atoms with Gasteiger partial charge in [0.2, 0.25) is 0 Å². The molecule has 2 N–H and O–H groups in total. The number of imidazole rings is 1. The number of nitrogens with one attached hydrogen (secondary N) is 1. The maximum absolute atomic E-state index is 9.24. The first-order valence-electron chi connectivity index (χ1n) is 7.25. The first kappa shape index (κ1) is 13.2. The Morgan fingerprint density at radius 2 is 2.20 bits per heavy atom. The molecule has 2 aromatic rings. The van der Waals surface area contributed by atoms with Gasteiger partial charge in [-0.2, -0.15) is 0 Å². The van der Waals surface area contributed by atoms with Crippen molar-refractivity contribution < 1.29 is 5.11 Å². The molecular weight excluding hydrogens is 254 g/mol. The van der Waals surface area contributed by atoms with Gasteiger partial charge in [0.1, 0.15) is 5.82 Å². The maximum Gasteiger partial charge on any atom is 0.180 e. The zero-order valence-corrected chi connectivity index (χ0v) is 11.8. The second-order valence-corrected chi connectivity index (χ2v) is 5.25. The molecule has 0 amide bonds. The molecule has 0 aliphatic carbocycles. The quantitative estimate of drug-likeness (QED) is 0.882. The molecule has 108 valence electrons. The molecule has 0 aromatic carbocycles. The van der Waals surface area contributed by atoms with Gasteiger partial charge in [-0.05, 0) is 25.7 Å². The molecule has 6 heteroatoms. The molecule has 1 saturated heterocycles. The van der Waals surface area contributed by atoms with E-state index >= 15 is 0 Å². The predicted molar refractivity (Wildman–Crippen MR) is 79.2 cm³/mol. The van der Waals surface area contributed by atoms with Crippen molar-refractivity contribution in [2.24, 2.45) is 5.92 Å². The van der Waals surface area contributed by atoms with Crippen LogP contribution in [-0.4, -0.2) is 45.7 Å². The molecule has 1 aliphatic heterocycles. The van der Waals surface area contributed by atoms with Crippen molar-refractivity contribution in [1.29, 1.82) is 0 Å². The van der Waals surface area contributed by atoms with Crippen LogP contribution in [-0.2, 0) is 0 Å². The fourth-order valence-corrected chi connectivity index (χ4v) is 2.72. The molecule has 0 spiro atoms. The van der Waals surface area contributed by atoms with Crippen molar-refractivity contribution in [2.75, 3.05) is 36.5 Å². The Morgan fingerprint density at radius 1 is 1.40 bits per heavy atom. The van der Waals surface area contributed by atoms with Crippen LogP contribution in [0.5, 0.6) is 0 Å². The zero-order chi connectivity index (χ0) is 13.9. The molecule has 0 bridgehead atoms. The van der Waals surface area contributed by atoms with Gasteiger partial charge in [-0.3, -0.25) is 0 Å². The summed E-state index contributed by atoms with van der Waals surface area (Å²) < 4.78 is 2.01. The molecular formula is C14H21N5O. The number of piperidine rings is 1. The van der Waals surface area contributed by atoms with Crippen LogP contribution in [0, 0.1) is 5.92 Å². The van der Waals surface area contributed by atoms with Gasteiger partial charge in [-0.25, -0.2) is 9.97 Å². The highest BCUT2D eigenvalue weighted by Crippen LogP contribution is 2.25. The van der Waals surface area contributed by atoms with Gasteiger partial charge in [0, 0.05) is 38.6 Å². The minimum atomic E-state index is 0.289. The second-order valence-electron chi connectivity index (χ2n) is 5.25. The van der Waals surface area contributed by atoms with E-state index in [4.69, 9.17) is 4.98 Å². The van der Waals surface area contributed by atoms with Crippen molar-refractivity contribution in [3.8, 4) is 0 Å². The van der Waals surface area contributed by atoms with Gasteiger partial charge >= 0.3 is 0 Å². The summed E-state index contributed by atoms with van der Waals surface area (Å²) >= 11 is 0. The van der Waals surface area contributed by atoms with Crippen LogP contribution in [0.4, 0.5) is 11.6 Å². The number of aromatic nitrogens is 3. The summed E-state index contributed by atoms with van der Waals surface area (Å²) in [6.45, 7) is 5.05. The summed E-state index contributed by atoms with van der Waals surface area (Å²) in [6.07, 6.45) is 7.74. The number of aliphatic hydroxyl groups excluding tert-OH is 1. The Labute approximate surface area is 118 Å². The number of rotatable bonds is 4. The molecule has 20 heavy (non-hydrogen) atoms. The molecule has 0 unspecified atom stereocenters.